The molecule has 1 atom stereocenters. The van der Waals surface area contributed by atoms with E-state index in [-0.39, 0.29) is 16.6 Å². The molecule has 0 saturated carbocycles. The van der Waals surface area contributed by atoms with Crippen molar-refractivity contribution in [3.05, 3.63) is 33.8 Å². The molecular weight excluding hydrogens is 280 g/mol. The first kappa shape index (κ1) is 12.0. The zero-order chi connectivity index (χ0) is 11.8. The number of benzene rings is 1. The van der Waals surface area contributed by atoms with E-state index in [9.17, 15) is 13.9 Å². The maximum Gasteiger partial charge on any atom is 0.146 e. The van der Waals surface area contributed by atoms with Gasteiger partial charge in [-0.2, -0.15) is 0 Å². The van der Waals surface area contributed by atoms with Gasteiger partial charge in [0, 0.05) is 6.54 Å². The van der Waals surface area contributed by atoms with Crippen molar-refractivity contribution in [3.63, 3.8) is 0 Å². The lowest BCUT2D eigenvalue weighted by atomic mass is 9.86. The molecule has 0 amide bonds. The number of aliphatic hydroxyl groups is 1. The zero-order valence-corrected chi connectivity index (χ0v) is 10.2. The molecule has 1 aromatic rings. The zero-order valence-electron chi connectivity index (χ0n) is 8.56. The van der Waals surface area contributed by atoms with E-state index >= 15 is 0 Å². The second-order valence-electron chi connectivity index (χ2n) is 4.03. The monoisotopic (exact) mass is 291 g/mol. The Bertz CT molecular complexity index is 405. The van der Waals surface area contributed by atoms with Crippen LogP contribution in [-0.4, -0.2) is 18.2 Å². The van der Waals surface area contributed by atoms with Crippen LogP contribution in [0.2, 0.25) is 0 Å². The number of rotatable bonds is 1. The lowest BCUT2D eigenvalue weighted by Gasteiger charge is -2.33. The van der Waals surface area contributed by atoms with Crippen LogP contribution in [0.25, 0.3) is 0 Å². The molecule has 0 spiro atoms. The smallest absolute Gasteiger partial charge is 0.146 e. The van der Waals surface area contributed by atoms with Crippen LogP contribution in [0.5, 0.6) is 0 Å². The Morgan fingerprint density at radius 1 is 1.38 bits per heavy atom. The molecule has 1 saturated heterocycles. The van der Waals surface area contributed by atoms with Crippen molar-refractivity contribution in [2.75, 3.05) is 13.1 Å². The van der Waals surface area contributed by atoms with Crippen LogP contribution in [-0.2, 0) is 5.60 Å². The predicted molar refractivity (Wildman–Crippen MR) is 60.1 cm³/mol. The molecule has 1 aliphatic heterocycles. The van der Waals surface area contributed by atoms with Crippen LogP contribution in [0.3, 0.4) is 0 Å². The predicted octanol–water partition coefficient (Wildman–Crippen LogP) is 2.30. The lowest BCUT2D eigenvalue weighted by molar-refractivity contribution is 0.00558. The summed E-state index contributed by atoms with van der Waals surface area (Å²) in [4.78, 5) is 0. The fourth-order valence-corrected chi connectivity index (χ4v) is 2.39. The highest BCUT2D eigenvalue weighted by Gasteiger charge is 2.36. The SMILES string of the molecule is OC1(c2c(F)ccc(Br)c2F)CCCNC1. The molecular formula is C11H12BrF2NO. The van der Waals surface area contributed by atoms with E-state index in [1.54, 1.807) is 0 Å². The van der Waals surface area contributed by atoms with Crippen molar-refractivity contribution >= 4 is 15.9 Å². The first-order valence-corrected chi connectivity index (χ1v) is 5.91. The third kappa shape index (κ3) is 1.99. The summed E-state index contributed by atoms with van der Waals surface area (Å²) in [5, 5.41) is 13.2. The van der Waals surface area contributed by atoms with Gasteiger partial charge in [0.2, 0.25) is 0 Å². The van der Waals surface area contributed by atoms with Gasteiger partial charge in [-0.25, -0.2) is 8.78 Å². The summed E-state index contributed by atoms with van der Waals surface area (Å²) < 4.78 is 27.6. The van der Waals surface area contributed by atoms with Gasteiger partial charge in [-0.1, -0.05) is 0 Å². The molecule has 16 heavy (non-hydrogen) atoms. The quantitative estimate of drug-likeness (QED) is 0.778. The van der Waals surface area contributed by atoms with Crippen LogP contribution in [0.1, 0.15) is 18.4 Å². The molecule has 88 valence electrons. The molecule has 2 rings (SSSR count). The summed E-state index contributed by atoms with van der Waals surface area (Å²) in [6.07, 6.45) is 1.06. The van der Waals surface area contributed by atoms with Crippen molar-refractivity contribution in [2.24, 2.45) is 0 Å². The summed E-state index contributed by atoms with van der Waals surface area (Å²) >= 11 is 3.00. The van der Waals surface area contributed by atoms with Gasteiger partial charge >= 0.3 is 0 Å². The fraction of sp³-hybridized carbons (Fsp3) is 0.455. The van der Waals surface area contributed by atoms with Gasteiger partial charge in [0.25, 0.3) is 0 Å². The number of nitrogens with one attached hydrogen (secondary N) is 1. The molecule has 0 bridgehead atoms. The van der Waals surface area contributed by atoms with E-state index in [1.807, 2.05) is 0 Å². The Hall–Kier alpha value is -0.520. The summed E-state index contributed by atoms with van der Waals surface area (Å²) in [6, 6.07) is 2.46. The van der Waals surface area contributed by atoms with Crippen molar-refractivity contribution in [1.82, 2.24) is 5.32 Å². The van der Waals surface area contributed by atoms with Crippen LogP contribution in [0.4, 0.5) is 8.78 Å². The van der Waals surface area contributed by atoms with Crippen LogP contribution < -0.4 is 5.32 Å². The number of hydrogen-bond acceptors (Lipinski definition) is 2. The summed E-state index contributed by atoms with van der Waals surface area (Å²) in [5.41, 5.74) is -1.69. The van der Waals surface area contributed by atoms with E-state index < -0.39 is 17.2 Å². The highest BCUT2D eigenvalue weighted by Crippen LogP contribution is 2.34. The second-order valence-corrected chi connectivity index (χ2v) is 4.88. The standard InChI is InChI=1S/C11H12BrF2NO/c12-7-2-3-8(13)9(10(7)14)11(16)4-1-5-15-6-11/h2-3,15-16H,1,4-6H2. The third-order valence-electron chi connectivity index (χ3n) is 2.87. The number of halogens is 3. The molecule has 1 heterocycles. The van der Waals surface area contributed by atoms with Crippen LogP contribution in [0, 0.1) is 11.6 Å². The first-order valence-electron chi connectivity index (χ1n) is 5.12. The van der Waals surface area contributed by atoms with Gasteiger partial charge in [0.15, 0.2) is 0 Å². The third-order valence-corrected chi connectivity index (χ3v) is 3.48. The lowest BCUT2D eigenvalue weighted by Crippen LogP contribution is -2.44. The molecule has 1 unspecified atom stereocenters. The summed E-state index contributed by atoms with van der Waals surface area (Å²) in [5.74, 6) is -1.42. The average molecular weight is 292 g/mol. The van der Waals surface area contributed by atoms with Gasteiger partial charge in [-0.05, 0) is 47.4 Å². The minimum atomic E-state index is -1.45. The number of piperidine rings is 1. The van der Waals surface area contributed by atoms with Crippen molar-refractivity contribution in [3.8, 4) is 0 Å². The van der Waals surface area contributed by atoms with E-state index in [2.05, 4.69) is 21.2 Å². The largest absolute Gasteiger partial charge is 0.384 e. The summed E-state index contributed by atoms with van der Waals surface area (Å²) in [6.45, 7) is 0.941. The second kappa shape index (κ2) is 4.39. The topological polar surface area (TPSA) is 32.3 Å². The normalized spacial score (nSPS) is 25.8. The molecule has 1 aromatic carbocycles. The number of β-amino-alcohol motifs (C(OH)–C–C–N with tert-alkyl or cyclic N) is 1. The van der Waals surface area contributed by atoms with Crippen LogP contribution in [0.15, 0.2) is 16.6 Å². The number of hydrogen-bond donors (Lipinski definition) is 2. The van der Waals surface area contributed by atoms with Gasteiger partial charge in [-0.15, -0.1) is 0 Å². The highest BCUT2D eigenvalue weighted by molar-refractivity contribution is 9.10. The Morgan fingerprint density at radius 3 is 2.75 bits per heavy atom. The molecule has 2 nitrogen and oxygen atoms in total. The maximum atomic E-state index is 13.8. The molecule has 2 N–H and O–H groups in total. The minimum Gasteiger partial charge on any atom is -0.384 e. The molecule has 0 aromatic heterocycles. The van der Waals surface area contributed by atoms with Gasteiger partial charge < -0.3 is 10.4 Å². The molecule has 5 heteroatoms. The molecule has 1 fully saturated rings. The molecule has 0 aliphatic carbocycles. The summed E-state index contributed by atoms with van der Waals surface area (Å²) in [7, 11) is 0. The Labute approximate surface area is 101 Å². The van der Waals surface area contributed by atoms with Gasteiger partial charge in [0.1, 0.15) is 17.2 Å². The molecule has 1 aliphatic rings. The van der Waals surface area contributed by atoms with Gasteiger partial charge in [-0.3, -0.25) is 0 Å². The molecule has 0 radical (unpaired) electrons. The van der Waals surface area contributed by atoms with E-state index in [1.165, 1.54) is 6.07 Å². The van der Waals surface area contributed by atoms with Gasteiger partial charge in [0.05, 0.1) is 10.0 Å². The first-order chi connectivity index (χ1) is 7.54. The van der Waals surface area contributed by atoms with Crippen molar-refractivity contribution in [1.29, 1.82) is 0 Å². The fourth-order valence-electron chi connectivity index (χ4n) is 2.06. The van der Waals surface area contributed by atoms with Crippen molar-refractivity contribution < 1.29 is 13.9 Å². The van der Waals surface area contributed by atoms with Crippen LogP contribution >= 0.6 is 15.9 Å². The Balaban J connectivity index is 2.49. The van der Waals surface area contributed by atoms with Crippen molar-refractivity contribution in [2.45, 2.75) is 18.4 Å². The highest BCUT2D eigenvalue weighted by atomic mass is 79.9. The maximum absolute atomic E-state index is 13.8. The van der Waals surface area contributed by atoms with E-state index in [4.69, 9.17) is 0 Å². The Morgan fingerprint density at radius 2 is 2.12 bits per heavy atom. The van der Waals surface area contributed by atoms with E-state index in [0.717, 1.165) is 12.6 Å². The average Bonchev–Trinajstić information content (AvgIpc) is 2.25. The Kier molecular flexibility index (Phi) is 3.28. The van der Waals surface area contributed by atoms with E-state index in [0.29, 0.717) is 12.8 Å². The minimum absolute atomic E-state index is 0.169.